The highest BCUT2D eigenvalue weighted by Gasteiger charge is 2.15. The topological polar surface area (TPSA) is 93.4 Å². The molecule has 2 aromatic heterocycles. The molecule has 0 fully saturated rings. The lowest BCUT2D eigenvalue weighted by molar-refractivity contribution is 0.0676. The number of ether oxygens (including phenoxy) is 2. The molecule has 0 unspecified atom stereocenters. The van der Waals surface area contributed by atoms with E-state index in [1.807, 2.05) is 6.07 Å². The SMILES string of the molecule is COc1cc(/C=c2\sc3nc(-c4cccc(C(=O)N(C)CCOCCF)c4)cn3c2=O)cc(Cl)c1O. The summed E-state index contributed by atoms with van der Waals surface area (Å²) in [5.41, 5.74) is 2.06. The highest BCUT2D eigenvalue weighted by atomic mass is 35.5. The maximum atomic E-state index is 13.0. The van der Waals surface area contributed by atoms with Crippen molar-refractivity contribution in [2.45, 2.75) is 0 Å². The van der Waals surface area contributed by atoms with Crippen LogP contribution in [0.25, 0.3) is 22.3 Å². The lowest BCUT2D eigenvalue weighted by Crippen LogP contribution is -2.30. The summed E-state index contributed by atoms with van der Waals surface area (Å²) in [5.74, 6) is -0.162. The Morgan fingerprint density at radius 2 is 2.11 bits per heavy atom. The number of thiazole rings is 1. The van der Waals surface area contributed by atoms with Crippen molar-refractivity contribution in [3.8, 4) is 22.8 Å². The van der Waals surface area contributed by atoms with E-state index in [0.717, 1.165) is 0 Å². The molecular weight excluding hydrogens is 509 g/mol. The predicted octanol–water partition coefficient (Wildman–Crippen LogP) is 3.40. The first-order valence-corrected chi connectivity index (χ1v) is 12.1. The Morgan fingerprint density at radius 3 is 2.83 bits per heavy atom. The first-order valence-electron chi connectivity index (χ1n) is 10.9. The fourth-order valence-electron chi connectivity index (χ4n) is 3.55. The van der Waals surface area contributed by atoms with E-state index in [9.17, 15) is 19.1 Å². The summed E-state index contributed by atoms with van der Waals surface area (Å²) < 4.78 is 24.3. The lowest BCUT2D eigenvalue weighted by Gasteiger charge is -2.17. The second-order valence-corrected chi connectivity index (χ2v) is 9.27. The van der Waals surface area contributed by atoms with Gasteiger partial charge < -0.3 is 19.5 Å². The van der Waals surface area contributed by atoms with E-state index in [1.165, 1.54) is 27.7 Å². The lowest BCUT2D eigenvalue weighted by atomic mass is 10.1. The maximum Gasteiger partial charge on any atom is 0.274 e. The summed E-state index contributed by atoms with van der Waals surface area (Å²) in [7, 11) is 3.07. The molecule has 2 aromatic carbocycles. The third-order valence-corrected chi connectivity index (χ3v) is 6.69. The van der Waals surface area contributed by atoms with Gasteiger partial charge in [0.05, 0.1) is 35.6 Å². The molecule has 11 heteroatoms. The summed E-state index contributed by atoms with van der Waals surface area (Å²) in [6.45, 7) is 0.0253. The molecule has 0 aliphatic heterocycles. The number of aromatic hydroxyl groups is 1. The van der Waals surface area contributed by atoms with Gasteiger partial charge in [-0.05, 0) is 35.9 Å². The summed E-state index contributed by atoms with van der Waals surface area (Å²) in [6, 6.07) is 10.1. The number of halogens is 2. The van der Waals surface area contributed by atoms with Crippen LogP contribution in [0.1, 0.15) is 15.9 Å². The molecule has 0 aliphatic rings. The highest BCUT2D eigenvalue weighted by Crippen LogP contribution is 2.35. The van der Waals surface area contributed by atoms with Crippen molar-refractivity contribution in [3.05, 3.63) is 73.6 Å². The summed E-state index contributed by atoms with van der Waals surface area (Å²) in [4.78, 5) is 32.3. The number of imidazole rings is 1. The molecule has 0 atom stereocenters. The number of carbonyl (C=O) groups is 1. The largest absolute Gasteiger partial charge is 0.503 e. The van der Waals surface area contributed by atoms with Gasteiger partial charge >= 0.3 is 0 Å². The molecule has 4 aromatic rings. The molecular formula is C25H23ClFN3O5S. The third-order valence-electron chi connectivity index (χ3n) is 5.42. The number of fused-ring (bicyclic) bond motifs is 1. The van der Waals surface area contributed by atoms with Crippen LogP contribution in [0.5, 0.6) is 11.5 Å². The van der Waals surface area contributed by atoms with Crippen molar-refractivity contribution in [1.82, 2.24) is 14.3 Å². The van der Waals surface area contributed by atoms with Gasteiger partial charge in [-0.15, -0.1) is 0 Å². The Hall–Kier alpha value is -3.47. The Kier molecular flexibility index (Phi) is 7.88. The number of hydrogen-bond acceptors (Lipinski definition) is 7. The first-order chi connectivity index (χ1) is 17.3. The quantitative estimate of drug-likeness (QED) is 0.333. The zero-order valence-electron chi connectivity index (χ0n) is 19.5. The fraction of sp³-hybridized carbons (Fsp3) is 0.240. The minimum atomic E-state index is -0.563. The van der Waals surface area contributed by atoms with E-state index in [-0.39, 0.29) is 41.2 Å². The summed E-state index contributed by atoms with van der Waals surface area (Å²) >= 11 is 7.26. The standard InChI is InChI=1S/C25H23ClFN3O5S/c1-29(7-9-35-8-6-27)23(32)17-5-3-4-16(13-17)19-14-30-24(33)21(36-25(30)28-19)12-15-10-18(26)22(31)20(11-15)34-2/h3-5,10-14,31H,6-9H2,1-2H3/b21-12-. The number of phenols is 1. The average molecular weight is 532 g/mol. The van der Waals surface area contributed by atoms with E-state index in [0.29, 0.717) is 38.4 Å². The van der Waals surface area contributed by atoms with E-state index >= 15 is 0 Å². The summed E-state index contributed by atoms with van der Waals surface area (Å²) in [6.07, 6.45) is 3.29. The van der Waals surface area contributed by atoms with Crippen molar-refractivity contribution in [2.24, 2.45) is 0 Å². The molecule has 0 bridgehead atoms. The minimum Gasteiger partial charge on any atom is -0.503 e. The van der Waals surface area contributed by atoms with E-state index in [2.05, 4.69) is 4.98 Å². The Balaban J connectivity index is 1.60. The van der Waals surface area contributed by atoms with Gasteiger partial charge in [0.25, 0.3) is 11.5 Å². The van der Waals surface area contributed by atoms with Crippen LogP contribution in [0.2, 0.25) is 5.02 Å². The van der Waals surface area contributed by atoms with Gasteiger partial charge in [-0.3, -0.25) is 14.0 Å². The Morgan fingerprint density at radius 1 is 1.31 bits per heavy atom. The van der Waals surface area contributed by atoms with Gasteiger partial charge in [0.2, 0.25) is 0 Å². The van der Waals surface area contributed by atoms with E-state index in [1.54, 1.807) is 49.7 Å². The van der Waals surface area contributed by atoms with Gasteiger partial charge in [0, 0.05) is 30.9 Å². The number of hydrogen-bond donors (Lipinski definition) is 1. The number of carbonyl (C=O) groups excluding carboxylic acids is 1. The van der Waals surface area contributed by atoms with Crippen molar-refractivity contribution in [2.75, 3.05) is 40.6 Å². The van der Waals surface area contributed by atoms with Crippen molar-refractivity contribution < 1.29 is 23.8 Å². The van der Waals surface area contributed by atoms with Gasteiger partial charge in [-0.2, -0.15) is 0 Å². The van der Waals surface area contributed by atoms with Crippen LogP contribution in [-0.2, 0) is 4.74 Å². The van der Waals surface area contributed by atoms with Crippen LogP contribution >= 0.6 is 22.9 Å². The molecule has 1 N–H and O–H groups in total. The smallest absolute Gasteiger partial charge is 0.274 e. The van der Waals surface area contributed by atoms with Crippen molar-refractivity contribution in [1.29, 1.82) is 0 Å². The van der Waals surface area contributed by atoms with Gasteiger partial charge in [-0.25, -0.2) is 9.37 Å². The molecule has 0 saturated carbocycles. The van der Waals surface area contributed by atoms with Crippen LogP contribution in [0.3, 0.4) is 0 Å². The fourth-order valence-corrected chi connectivity index (χ4v) is 4.72. The number of benzene rings is 2. The maximum absolute atomic E-state index is 13.0. The molecule has 0 radical (unpaired) electrons. The van der Waals surface area contributed by atoms with Crippen LogP contribution < -0.4 is 14.8 Å². The number of amides is 1. The molecule has 1 amide bonds. The minimum absolute atomic E-state index is 0.00697. The number of rotatable bonds is 9. The number of alkyl halides is 1. The third kappa shape index (κ3) is 5.35. The van der Waals surface area contributed by atoms with Crippen molar-refractivity contribution in [3.63, 3.8) is 0 Å². The highest BCUT2D eigenvalue weighted by molar-refractivity contribution is 7.15. The second kappa shape index (κ2) is 11.1. The molecule has 0 spiro atoms. The first kappa shape index (κ1) is 25.6. The number of methoxy groups -OCH3 is 1. The monoisotopic (exact) mass is 531 g/mol. The molecule has 8 nitrogen and oxygen atoms in total. The number of likely N-dealkylation sites (N-methyl/N-ethyl adjacent to an activating group) is 1. The average Bonchev–Trinajstić information content (AvgIpc) is 3.42. The van der Waals surface area contributed by atoms with Crippen molar-refractivity contribution >= 4 is 39.9 Å². The molecule has 188 valence electrons. The predicted molar refractivity (Wildman–Crippen MR) is 137 cm³/mol. The number of phenolic OH excluding ortho intramolecular Hbond substituents is 1. The Labute approximate surface area is 214 Å². The summed E-state index contributed by atoms with van der Waals surface area (Å²) in [5, 5.41) is 10.0. The van der Waals surface area contributed by atoms with Crippen LogP contribution in [0.4, 0.5) is 4.39 Å². The zero-order chi connectivity index (χ0) is 25.8. The number of nitrogens with zero attached hydrogens (tertiary/aromatic N) is 3. The van der Waals surface area contributed by atoms with Gasteiger partial charge in [0.15, 0.2) is 16.5 Å². The molecule has 0 saturated heterocycles. The second-order valence-electron chi connectivity index (χ2n) is 7.86. The van der Waals surface area contributed by atoms with E-state index in [4.69, 9.17) is 21.1 Å². The molecule has 2 heterocycles. The molecule has 0 aliphatic carbocycles. The zero-order valence-corrected chi connectivity index (χ0v) is 21.1. The van der Waals surface area contributed by atoms with Gasteiger partial charge in [0.1, 0.15) is 6.67 Å². The van der Waals surface area contributed by atoms with Crippen LogP contribution in [0.15, 0.2) is 47.4 Å². The normalized spacial score (nSPS) is 11.8. The van der Waals surface area contributed by atoms with Crippen LogP contribution in [0, 0.1) is 0 Å². The Bertz CT molecular complexity index is 1520. The van der Waals surface area contributed by atoms with E-state index < -0.39 is 6.67 Å². The van der Waals surface area contributed by atoms with Gasteiger partial charge in [-0.1, -0.05) is 35.1 Å². The molecule has 4 rings (SSSR count). The van der Waals surface area contributed by atoms with Crippen LogP contribution in [-0.4, -0.2) is 65.9 Å². The molecule has 36 heavy (non-hydrogen) atoms. The number of aromatic nitrogens is 2.